The Morgan fingerprint density at radius 3 is 1.65 bits per heavy atom. The number of hydrogen-bond acceptors (Lipinski definition) is 4. The Kier molecular flexibility index (Phi) is 6.66. The van der Waals surface area contributed by atoms with Gasteiger partial charge in [0.25, 0.3) is 0 Å². The molecule has 232 valence electrons. The van der Waals surface area contributed by atoms with Crippen LogP contribution in [0, 0.1) is 28.6 Å². The van der Waals surface area contributed by atoms with Crippen molar-refractivity contribution in [3.05, 3.63) is 139 Å². The molecule has 0 amide bonds. The predicted molar refractivity (Wildman–Crippen MR) is 192 cm³/mol. The topological polar surface area (TPSA) is 62.5 Å². The molecule has 1 unspecified atom stereocenters. The second kappa shape index (κ2) is 11.1. The minimum atomic E-state index is 0.368. The first-order valence-electron chi connectivity index (χ1n) is 17.1. The molecular weight excluding hydrogens is 585 g/mol. The van der Waals surface area contributed by atoms with Gasteiger partial charge in [0.15, 0.2) is 17.5 Å². The number of fused-ring (bicyclic) bond motifs is 1. The van der Waals surface area contributed by atoms with E-state index in [2.05, 4.69) is 85.8 Å². The molecular formula is C44H36N4. The number of benzene rings is 5. The van der Waals surface area contributed by atoms with Crippen molar-refractivity contribution in [2.24, 2.45) is 17.3 Å². The fourth-order valence-corrected chi connectivity index (χ4v) is 9.43. The van der Waals surface area contributed by atoms with Crippen molar-refractivity contribution in [3.8, 4) is 62.5 Å². The van der Waals surface area contributed by atoms with E-state index < -0.39 is 0 Å². The maximum Gasteiger partial charge on any atom is 0.164 e. The number of nitrogens with zero attached hydrogens (tertiary/aromatic N) is 4. The summed E-state index contributed by atoms with van der Waals surface area (Å²) in [6, 6.07) is 46.4. The third-order valence-electron chi connectivity index (χ3n) is 11.8. The molecule has 9 rings (SSSR count). The van der Waals surface area contributed by atoms with Crippen molar-refractivity contribution in [2.45, 2.75) is 44.4 Å². The van der Waals surface area contributed by atoms with Crippen LogP contribution in [0.4, 0.5) is 0 Å². The highest BCUT2D eigenvalue weighted by Gasteiger charge is 2.65. The van der Waals surface area contributed by atoms with E-state index in [1.54, 1.807) is 12.1 Å². The van der Waals surface area contributed by atoms with Gasteiger partial charge in [-0.25, -0.2) is 15.0 Å². The van der Waals surface area contributed by atoms with Crippen molar-refractivity contribution < 1.29 is 0 Å². The molecule has 5 aromatic carbocycles. The lowest BCUT2D eigenvalue weighted by molar-refractivity contribution is 0.195. The van der Waals surface area contributed by atoms with Gasteiger partial charge in [-0.2, -0.15) is 5.26 Å². The minimum absolute atomic E-state index is 0.368. The first-order chi connectivity index (χ1) is 23.5. The standard InChI is InChI=1S/C44H36N4/c1-43-28-44(25-36(43)21-22-37(43)26-44)35-19-16-31(17-20-35)38-23-18-34(24-39(38)30-8-4-2-5-9-30)42-47-40(32-10-6-3-7-11-32)46-41(48-42)33-14-12-29(27-45)13-15-33/h2-20,23-24,36-37H,21-22,25-26,28H2,1H3/t36-,37+,43-,44?. The largest absolute Gasteiger partial charge is 0.208 e. The quantitative estimate of drug-likeness (QED) is 0.186. The molecule has 4 heteroatoms. The second-order valence-corrected chi connectivity index (χ2v) is 14.4. The summed E-state index contributed by atoms with van der Waals surface area (Å²) >= 11 is 0. The molecule has 1 aromatic heterocycles. The predicted octanol–water partition coefficient (Wildman–Crippen LogP) is 10.5. The molecule has 2 bridgehead atoms. The minimum Gasteiger partial charge on any atom is -0.208 e. The van der Waals surface area contributed by atoms with E-state index in [9.17, 15) is 5.26 Å². The lowest BCUT2D eigenvalue weighted by Gasteiger charge is -2.33. The van der Waals surface area contributed by atoms with Crippen LogP contribution in [-0.4, -0.2) is 15.0 Å². The monoisotopic (exact) mass is 620 g/mol. The highest BCUT2D eigenvalue weighted by atomic mass is 15.0. The summed E-state index contributed by atoms with van der Waals surface area (Å²) in [6.07, 6.45) is 6.95. The molecule has 3 aliphatic rings. The number of aromatic nitrogens is 3. The maximum absolute atomic E-state index is 9.34. The number of rotatable bonds is 6. The van der Waals surface area contributed by atoms with Crippen molar-refractivity contribution in [3.63, 3.8) is 0 Å². The molecule has 0 spiro atoms. The third kappa shape index (κ3) is 4.68. The van der Waals surface area contributed by atoms with Gasteiger partial charge in [0.05, 0.1) is 11.6 Å². The van der Waals surface area contributed by atoms with Gasteiger partial charge in [-0.1, -0.05) is 104 Å². The SMILES string of the molecule is C[C@@]12CC3(c4ccc(-c5ccc(-c6nc(-c7ccccc7)nc(-c7ccc(C#N)cc7)n6)cc5-c5ccccc5)cc4)C[C@H]1CC[C@H]2C3. The molecule has 0 N–H and O–H groups in total. The molecule has 3 saturated carbocycles. The van der Waals surface area contributed by atoms with Gasteiger partial charge in [0, 0.05) is 16.7 Å². The van der Waals surface area contributed by atoms with Gasteiger partial charge in [-0.3, -0.25) is 0 Å². The van der Waals surface area contributed by atoms with Gasteiger partial charge in [-0.15, -0.1) is 0 Å². The Bertz CT molecular complexity index is 2170. The van der Waals surface area contributed by atoms with E-state index in [1.165, 1.54) is 48.8 Å². The summed E-state index contributed by atoms with van der Waals surface area (Å²) in [5.41, 5.74) is 10.5. The van der Waals surface area contributed by atoms with Crippen molar-refractivity contribution >= 4 is 0 Å². The number of hydrogen-bond donors (Lipinski definition) is 0. The van der Waals surface area contributed by atoms with Crippen LogP contribution in [0.1, 0.15) is 50.2 Å². The van der Waals surface area contributed by atoms with Gasteiger partial charge in [0.1, 0.15) is 0 Å². The van der Waals surface area contributed by atoms with E-state index in [0.29, 0.717) is 33.9 Å². The van der Waals surface area contributed by atoms with Gasteiger partial charge < -0.3 is 0 Å². The summed E-state index contributed by atoms with van der Waals surface area (Å²) in [6.45, 7) is 2.58. The van der Waals surface area contributed by atoms with Crippen molar-refractivity contribution in [2.75, 3.05) is 0 Å². The molecule has 0 saturated heterocycles. The van der Waals surface area contributed by atoms with Crippen LogP contribution >= 0.6 is 0 Å². The first kappa shape index (κ1) is 28.8. The fourth-order valence-electron chi connectivity index (χ4n) is 9.43. The third-order valence-corrected chi connectivity index (χ3v) is 11.8. The molecule has 4 atom stereocenters. The maximum atomic E-state index is 9.34. The first-order valence-corrected chi connectivity index (χ1v) is 17.1. The molecule has 48 heavy (non-hydrogen) atoms. The molecule has 3 aliphatic carbocycles. The van der Waals surface area contributed by atoms with E-state index in [4.69, 9.17) is 15.0 Å². The second-order valence-electron chi connectivity index (χ2n) is 14.4. The summed E-state index contributed by atoms with van der Waals surface area (Å²) in [7, 11) is 0. The Morgan fingerprint density at radius 2 is 1.06 bits per heavy atom. The van der Waals surface area contributed by atoms with Crippen molar-refractivity contribution in [1.29, 1.82) is 5.26 Å². The average molecular weight is 621 g/mol. The Balaban J connectivity index is 1.14. The van der Waals surface area contributed by atoms with Crippen molar-refractivity contribution in [1.82, 2.24) is 15.0 Å². The Morgan fingerprint density at radius 1 is 0.562 bits per heavy atom. The van der Waals surface area contributed by atoms with Crippen LogP contribution in [0.2, 0.25) is 0 Å². The number of nitriles is 1. The zero-order valence-electron chi connectivity index (χ0n) is 27.1. The summed E-state index contributed by atoms with van der Waals surface area (Å²) < 4.78 is 0. The normalized spacial score (nSPS) is 23.7. The van der Waals surface area contributed by atoms with E-state index in [-0.39, 0.29) is 0 Å². The zero-order chi connectivity index (χ0) is 32.3. The Hall–Kier alpha value is -5.40. The van der Waals surface area contributed by atoms with Crippen LogP contribution in [0.15, 0.2) is 127 Å². The lowest BCUT2D eigenvalue weighted by atomic mass is 9.72. The van der Waals surface area contributed by atoms with Crippen LogP contribution in [0.5, 0.6) is 0 Å². The smallest absolute Gasteiger partial charge is 0.164 e. The molecule has 1 heterocycles. The summed E-state index contributed by atoms with van der Waals surface area (Å²) in [5.74, 6) is 3.61. The molecule has 6 aromatic rings. The van der Waals surface area contributed by atoms with Crippen LogP contribution < -0.4 is 0 Å². The molecule has 4 nitrogen and oxygen atoms in total. The van der Waals surface area contributed by atoms with Crippen LogP contribution in [-0.2, 0) is 5.41 Å². The van der Waals surface area contributed by atoms with Gasteiger partial charge in [-0.05, 0) is 113 Å². The lowest BCUT2D eigenvalue weighted by Crippen LogP contribution is -2.26. The van der Waals surface area contributed by atoms with Crippen LogP contribution in [0.3, 0.4) is 0 Å². The van der Waals surface area contributed by atoms with E-state index in [1.807, 2.05) is 42.5 Å². The molecule has 0 aliphatic heterocycles. The fraction of sp³-hybridized carbons (Fsp3) is 0.227. The van der Waals surface area contributed by atoms with E-state index in [0.717, 1.165) is 39.7 Å². The highest BCUT2D eigenvalue weighted by molar-refractivity contribution is 5.86. The van der Waals surface area contributed by atoms with E-state index >= 15 is 0 Å². The zero-order valence-corrected chi connectivity index (χ0v) is 27.1. The van der Waals surface area contributed by atoms with Crippen LogP contribution in [0.25, 0.3) is 56.4 Å². The molecule has 3 fully saturated rings. The summed E-state index contributed by atoms with van der Waals surface area (Å²) in [5, 5.41) is 9.34. The van der Waals surface area contributed by atoms with Gasteiger partial charge >= 0.3 is 0 Å². The average Bonchev–Trinajstić information content (AvgIpc) is 3.66. The molecule has 0 radical (unpaired) electrons. The van der Waals surface area contributed by atoms with Gasteiger partial charge in [0.2, 0.25) is 0 Å². The highest BCUT2D eigenvalue weighted by Crippen LogP contribution is 2.72. The summed E-state index contributed by atoms with van der Waals surface area (Å²) in [4.78, 5) is 14.9. The Labute approximate surface area is 282 Å².